The zero-order chi connectivity index (χ0) is 30.3. The standard InChI is InChI=1S/C38H47NO4.Na/c1-3-4-5-6-7-8-9-13-28-42-34-21-17-31(18-22-34)26-27-39-30(2)16-25-36(39)33-19-23-35(24-20-33)43-37(38(40)41)29-32-14-11-10-12-15-32;/h10-12,14-25,37H,3-9,13,26-29H2,1-2H3,(H,40,41);/q;+1/p-1/t37-;/m1./s1. The molecule has 0 radical (unpaired) electrons. The molecule has 0 aliphatic heterocycles. The monoisotopic (exact) mass is 603 g/mol. The number of rotatable bonds is 19. The molecule has 6 heteroatoms. The third-order valence-corrected chi connectivity index (χ3v) is 7.97. The van der Waals surface area contributed by atoms with E-state index in [2.05, 4.69) is 54.8 Å². The molecular formula is C38H46NNaO4. The molecule has 1 aromatic heterocycles. The maximum atomic E-state index is 11.7. The van der Waals surface area contributed by atoms with Crippen LogP contribution >= 0.6 is 0 Å². The van der Waals surface area contributed by atoms with Gasteiger partial charge in [0.25, 0.3) is 0 Å². The maximum Gasteiger partial charge on any atom is 1.00 e. The van der Waals surface area contributed by atoms with Crippen molar-refractivity contribution in [2.75, 3.05) is 6.61 Å². The number of aromatic nitrogens is 1. The fourth-order valence-electron chi connectivity index (χ4n) is 5.41. The summed E-state index contributed by atoms with van der Waals surface area (Å²) in [6.45, 7) is 6.02. The van der Waals surface area contributed by atoms with E-state index < -0.39 is 12.1 Å². The van der Waals surface area contributed by atoms with E-state index in [4.69, 9.17) is 9.47 Å². The van der Waals surface area contributed by atoms with Crippen LogP contribution in [-0.4, -0.2) is 23.2 Å². The Morgan fingerprint density at radius 1 is 0.750 bits per heavy atom. The molecule has 0 aliphatic rings. The molecule has 0 aliphatic carbocycles. The van der Waals surface area contributed by atoms with E-state index in [0.717, 1.165) is 48.6 Å². The molecule has 1 atom stereocenters. The zero-order valence-corrected chi connectivity index (χ0v) is 28.8. The number of benzene rings is 3. The number of aryl methyl sites for hydroxylation is 2. The summed E-state index contributed by atoms with van der Waals surface area (Å²) in [6, 6.07) is 29.8. The number of carboxylic acid groups (broad SMARTS) is 1. The van der Waals surface area contributed by atoms with Crippen LogP contribution in [0.4, 0.5) is 0 Å². The van der Waals surface area contributed by atoms with Crippen LogP contribution in [0.2, 0.25) is 0 Å². The molecule has 1 heterocycles. The molecule has 228 valence electrons. The molecule has 0 bridgehead atoms. The van der Waals surface area contributed by atoms with E-state index in [1.54, 1.807) is 0 Å². The number of ether oxygens (including phenoxy) is 2. The molecule has 0 saturated carbocycles. The van der Waals surface area contributed by atoms with E-state index >= 15 is 0 Å². The maximum absolute atomic E-state index is 11.7. The van der Waals surface area contributed by atoms with Crippen molar-refractivity contribution in [2.45, 2.75) is 90.7 Å². The van der Waals surface area contributed by atoms with Crippen molar-refractivity contribution in [3.63, 3.8) is 0 Å². The van der Waals surface area contributed by atoms with Gasteiger partial charge in [-0.15, -0.1) is 0 Å². The summed E-state index contributed by atoms with van der Waals surface area (Å²) in [7, 11) is 0. The van der Waals surface area contributed by atoms with E-state index in [1.807, 2.05) is 54.6 Å². The Labute approximate surface area is 285 Å². The van der Waals surface area contributed by atoms with Gasteiger partial charge in [0.2, 0.25) is 0 Å². The van der Waals surface area contributed by atoms with Crippen molar-refractivity contribution < 1.29 is 48.9 Å². The third kappa shape index (κ3) is 11.5. The first kappa shape index (κ1) is 35.5. The van der Waals surface area contributed by atoms with Crippen molar-refractivity contribution in [1.29, 1.82) is 0 Å². The SMILES string of the molecule is CCCCCCCCCCOc1ccc(CCn2c(C)ccc2-c2ccc(O[C@H](Cc3ccccc3)C(=O)[O-])cc2)cc1.[Na+]. The summed E-state index contributed by atoms with van der Waals surface area (Å²) < 4.78 is 14.1. The van der Waals surface area contributed by atoms with Gasteiger partial charge in [0.1, 0.15) is 17.6 Å². The van der Waals surface area contributed by atoms with Crippen LogP contribution < -0.4 is 44.1 Å². The first-order chi connectivity index (χ1) is 21.0. The molecule has 3 aromatic carbocycles. The first-order valence-corrected chi connectivity index (χ1v) is 15.9. The minimum atomic E-state index is -1.22. The quantitative estimate of drug-likeness (QED) is 0.112. The molecule has 0 N–H and O–H groups in total. The van der Waals surface area contributed by atoms with Gasteiger partial charge in [0, 0.05) is 24.4 Å². The normalized spacial score (nSPS) is 11.5. The van der Waals surface area contributed by atoms with Crippen LogP contribution in [-0.2, 0) is 24.2 Å². The summed E-state index contributed by atoms with van der Waals surface area (Å²) in [6.07, 6.45) is 10.5. The predicted molar refractivity (Wildman–Crippen MR) is 172 cm³/mol. The molecule has 0 spiro atoms. The zero-order valence-electron chi connectivity index (χ0n) is 26.8. The van der Waals surface area contributed by atoms with Crippen molar-refractivity contribution in [1.82, 2.24) is 4.57 Å². The Morgan fingerprint density at radius 3 is 2.05 bits per heavy atom. The third-order valence-electron chi connectivity index (χ3n) is 7.97. The molecule has 0 amide bonds. The Bertz CT molecular complexity index is 1370. The number of hydrogen-bond donors (Lipinski definition) is 0. The van der Waals surface area contributed by atoms with Crippen LogP contribution in [0.5, 0.6) is 11.5 Å². The van der Waals surface area contributed by atoms with Gasteiger partial charge in [-0.3, -0.25) is 0 Å². The van der Waals surface area contributed by atoms with E-state index in [0.29, 0.717) is 5.75 Å². The smallest absolute Gasteiger partial charge is 0.546 e. The summed E-state index contributed by atoms with van der Waals surface area (Å²) in [5.74, 6) is 0.227. The van der Waals surface area contributed by atoms with E-state index in [-0.39, 0.29) is 36.0 Å². The minimum Gasteiger partial charge on any atom is -0.546 e. The van der Waals surface area contributed by atoms with Gasteiger partial charge in [-0.05, 0) is 85.0 Å². The first-order valence-electron chi connectivity index (χ1n) is 15.9. The van der Waals surface area contributed by atoms with Crippen LogP contribution in [0, 0.1) is 6.92 Å². The molecule has 44 heavy (non-hydrogen) atoms. The van der Waals surface area contributed by atoms with Gasteiger partial charge in [0.05, 0.1) is 12.6 Å². The van der Waals surface area contributed by atoms with Crippen LogP contribution in [0.15, 0.2) is 91.0 Å². The van der Waals surface area contributed by atoms with Crippen LogP contribution in [0.1, 0.15) is 75.1 Å². The molecule has 4 aromatic rings. The topological polar surface area (TPSA) is 63.5 Å². The number of carbonyl (C=O) groups is 1. The second-order valence-corrected chi connectivity index (χ2v) is 11.4. The number of carbonyl (C=O) groups excluding carboxylic acids is 1. The number of hydrogen-bond acceptors (Lipinski definition) is 4. The molecule has 0 saturated heterocycles. The Hall–Kier alpha value is -2.99. The molecular weight excluding hydrogens is 557 g/mol. The Balaban J connectivity index is 0.00000529. The second-order valence-electron chi connectivity index (χ2n) is 11.4. The molecule has 0 unspecified atom stereocenters. The van der Waals surface area contributed by atoms with Crippen LogP contribution in [0.25, 0.3) is 11.3 Å². The molecule has 4 rings (SSSR count). The van der Waals surface area contributed by atoms with E-state index in [9.17, 15) is 9.90 Å². The second kappa shape index (κ2) is 19.4. The summed E-state index contributed by atoms with van der Waals surface area (Å²) in [5.41, 5.74) is 5.53. The van der Waals surface area contributed by atoms with Gasteiger partial charge >= 0.3 is 29.6 Å². The largest absolute Gasteiger partial charge is 1.00 e. The van der Waals surface area contributed by atoms with Crippen molar-refractivity contribution in [3.05, 3.63) is 108 Å². The summed E-state index contributed by atoms with van der Waals surface area (Å²) >= 11 is 0. The number of unbranched alkanes of at least 4 members (excludes halogenated alkanes) is 7. The average Bonchev–Trinajstić information content (AvgIpc) is 3.40. The predicted octanol–water partition coefficient (Wildman–Crippen LogP) is 4.97. The van der Waals surface area contributed by atoms with Crippen molar-refractivity contribution in [3.8, 4) is 22.8 Å². The van der Waals surface area contributed by atoms with E-state index in [1.165, 1.54) is 56.2 Å². The summed E-state index contributed by atoms with van der Waals surface area (Å²) in [4.78, 5) is 11.7. The van der Waals surface area contributed by atoms with Gasteiger partial charge in [-0.1, -0.05) is 94.3 Å². The number of nitrogens with zero attached hydrogens (tertiary/aromatic N) is 1. The number of aliphatic carboxylic acids is 1. The van der Waals surface area contributed by atoms with Crippen molar-refractivity contribution in [2.24, 2.45) is 0 Å². The van der Waals surface area contributed by atoms with Gasteiger partial charge < -0.3 is 23.9 Å². The van der Waals surface area contributed by atoms with Gasteiger partial charge in [-0.2, -0.15) is 0 Å². The summed E-state index contributed by atoms with van der Waals surface area (Å²) in [5, 5.41) is 11.7. The fraction of sp³-hybridized carbons (Fsp3) is 0.395. The molecule has 0 fully saturated rings. The van der Waals surface area contributed by atoms with Crippen LogP contribution in [0.3, 0.4) is 0 Å². The van der Waals surface area contributed by atoms with Crippen molar-refractivity contribution >= 4 is 5.97 Å². The Morgan fingerprint density at radius 2 is 1.39 bits per heavy atom. The fourth-order valence-corrected chi connectivity index (χ4v) is 5.41. The number of carboxylic acids is 1. The average molecular weight is 604 g/mol. The minimum absolute atomic E-state index is 0. The molecule has 5 nitrogen and oxygen atoms in total. The van der Waals surface area contributed by atoms with Gasteiger partial charge in [0.15, 0.2) is 0 Å². The Kier molecular flexibility index (Phi) is 15.7. The van der Waals surface area contributed by atoms with Gasteiger partial charge in [-0.25, -0.2) is 0 Å².